The molecular weight excluding hydrogens is 245 g/mol. The zero-order valence-corrected chi connectivity index (χ0v) is 10.00. The molecule has 0 fully saturated rings. The third kappa shape index (κ3) is 2.63. The molecule has 2 N–H and O–H groups in total. The summed E-state index contributed by atoms with van der Waals surface area (Å²) in [5, 5.41) is 0. The van der Waals surface area contributed by atoms with E-state index in [-0.39, 0.29) is 12.6 Å². The van der Waals surface area contributed by atoms with E-state index in [4.69, 9.17) is 10.5 Å². The predicted octanol–water partition coefficient (Wildman–Crippen LogP) is 2.81. The molecule has 3 nitrogen and oxygen atoms in total. The van der Waals surface area contributed by atoms with E-state index in [1.807, 2.05) is 6.92 Å². The highest BCUT2D eigenvalue weighted by molar-refractivity contribution is 5.65. The topological polar surface area (TPSA) is 38.5 Å². The van der Waals surface area contributed by atoms with Gasteiger partial charge in [-0.1, -0.05) is 6.92 Å². The van der Waals surface area contributed by atoms with Gasteiger partial charge in [0.05, 0.1) is 11.7 Å². The van der Waals surface area contributed by atoms with E-state index in [0.29, 0.717) is 23.5 Å². The van der Waals surface area contributed by atoms with Gasteiger partial charge in [-0.2, -0.15) is 13.2 Å². The Kier molecular flexibility index (Phi) is 3.28. The number of benzene rings is 1. The van der Waals surface area contributed by atoms with E-state index in [1.54, 1.807) is 18.2 Å². The van der Waals surface area contributed by atoms with Crippen LogP contribution in [0.3, 0.4) is 0 Å². The second-order valence-electron chi connectivity index (χ2n) is 4.34. The van der Waals surface area contributed by atoms with Crippen molar-refractivity contribution < 1.29 is 17.9 Å². The Balaban J connectivity index is 2.35. The molecule has 100 valence electrons. The Morgan fingerprint density at radius 2 is 2.17 bits per heavy atom. The number of fused-ring (bicyclic) bond motifs is 1. The number of hydrogen-bond donors (Lipinski definition) is 1. The lowest BCUT2D eigenvalue weighted by Crippen LogP contribution is -2.47. The Morgan fingerprint density at radius 1 is 1.44 bits per heavy atom. The van der Waals surface area contributed by atoms with Crippen molar-refractivity contribution in [2.75, 3.05) is 23.8 Å². The molecule has 0 bridgehead atoms. The summed E-state index contributed by atoms with van der Waals surface area (Å²) in [5.41, 5.74) is 6.54. The number of alkyl halides is 3. The average molecular weight is 260 g/mol. The predicted molar refractivity (Wildman–Crippen MR) is 63.8 cm³/mol. The second-order valence-corrected chi connectivity index (χ2v) is 4.34. The third-order valence-electron chi connectivity index (χ3n) is 2.99. The van der Waals surface area contributed by atoms with Gasteiger partial charge < -0.3 is 15.4 Å². The maximum atomic E-state index is 12.6. The van der Waals surface area contributed by atoms with Crippen LogP contribution in [-0.2, 0) is 0 Å². The van der Waals surface area contributed by atoms with Crippen LogP contribution in [0, 0.1) is 0 Å². The summed E-state index contributed by atoms with van der Waals surface area (Å²) in [6.45, 7) is 1.13. The fourth-order valence-corrected chi connectivity index (χ4v) is 2.10. The van der Waals surface area contributed by atoms with Gasteiger partial charge in [0.2, 0.25) is 0 Å². The number of ether oxygens (including phenoxy) is 1. The van der Waals surface area contributed by atoms with Gasteiger partial charge in [-0.25, -0.2) is 0 Å². The highest BCUT2D eigenvalue weighted by Gasteiger charge is 2.36. The molecule has 0 aromatic heterocycles. The Bertz CT molecular complexity index is 434. The van der Waals surface area contributed by atoms with E-state index < -0.39 is 12.7 Å². The maximum Gasteiger partial charge on any atom is 0.405 e. The van der Waals surface area contributed by atoms with Gasteiger partial charge in [0.1, 0.15) is 18.9 Å². The normalized spacial score (nSPS) is 19.3. The zero-order chi connectivity index (χ0) is 13.3. The van der Waals surface area contributed by atoms with Crippen molar-refractivity contribution in [3.63, 3.8) is 0 Å². The van der Waals surface area contributed by atoms with Gasteiger partial charge >= 0.3 is 6.18 Å². The molecule has 2 rings (SSSR count). The van der Waals surface area contributed by atoms with Crippen LogP contribution in [0.1, 0.15) is 13.3 Å². The van der Waals surface area contributed by atoms with Gasteiger partial charge in [-0.3, -0.25) is 0 Å². The van der Waals surface area contributed by atoms with E-state index in [9.17, 15) is 13.2 Å². The fourth-order valence-electron chi connectivity index (χ4n) is 2.10. The third-order valence-corrected chi connectivity index (χ3v) is 2.99. The summed E-state index contributed by atoms with van der Waals surface area (Å²) in [7, 11) is 0. The standard InChI is InChI=1S/C12H15F3N2O/c1-2-9-6-18-11-5-8(16)3-4-10(11)17(9)7-12(13,14)15/h3-5,9H,2,6-7,16H2,1H3/t9-/m1/s1. The molecule has 1 aromatic carbocycles. The maximum absolute atomic E-state index is 12.6. The molecule has 1 aromatic rings. The highest BCUT2D eigenvalue weighted by Crippen LogP contribution is 2.37. The Morgan fingerprint density at radius 3 is 2.78 bits per heavy atom. The van der Waals surface area contributed by atoms with E-state index in [0.717, 1.165) is 0 Å². The molecule has 6 heteroatoms. The minimum Gasteiger partial charge on any atom is -0.489 e. The first-order valence-corrected chi connectivity index (χ1v) is 5.76. The lowest BCUT2D eigenvalue weighted by atomic mass is 10.1. The van der Waals surface area contributed by atoms with Crippen LogP contribution in [0.2, 0.25) is 0 Å². The van der Waals surface area contributed by atoms with Crippen LogP contribution in [0.15, 0.2) is 18.2 Å². The van der Waals surface area contributed by atoms with Gasteiger partial charge in [-0.05, 0) is 18.6 Å². The molecular formula is C12H15F3N2O. The van der Waals surface area contributed by atoms with E-state index in [1.165, 1.54) is 4.90 Å². The number of rotatable bonds is 2. The largest absolute Gasteiger partial charge is 0.489 e. The molecule has 1 atom stereocenters. The van der Waals surface area contributed by atoms with Crippen LogP contribution in [0.5, 0.6) is 5.75 Å². The monoisotopic (exact) mass is 260 g/mol. The fraction of sp³-hybridized carbons (Fsp3) is 0.500. The summed E-state index contributed by atoms with van der Waals surface area (Å²) in [6.07, 6.45) is -3.64. The molecule has 0 unspecified atom stereocenters. The van der Waals surface area contributed by atoms with Crippen molar-refractivity contribution in [1.82, 2.24) is 0 Å². The van der Waals surface area contributed by atoms with Crippen molar-refractivity contribution in [1.29, 1.82) is 0 Å². The lowest BCUT2D eigenvalue weighted by molar-refractivity contribution is -0.121. The molecule has 0 aliphatic carbocycles. The van der Waals surface area contributed by atoms with Crippen molar-refractivity contribution >= 4 is 11.4 Å². The van der Waals surface area contributed by atoms with Crippen molar-refractivity contribution in [2.24, 2.45) is 0 Å². The molecule has 0 saturated heterocycles. The van der Waals surface area contributed by atoms with Crippen LogP contribution in [0.4, 0.5) is 24.5 Å². The van der Waals surface area contributed by atoms with Crippen LogP contribution in [-0.4, -0.2) is 25.4 Å². The summed E-state index contributed by atoms with van der Waals surface area (Å²) >= 11 is 0. The van der Waals surface area contributed by atoms with Gasteiger partial charge in [0, 0.05) is 11.8 Å². The summed E-state index contributed by atoms with van der Waals surface area (Å²) in [6, 6.07) is 4.47. The number of nitrogens with zero attached hydrogens (tertiary/aromatic N) is 1. The summed E-state index contributed by atoms with van der Waals surface area (Å²) in [5.74, 6) is 0.420. The van der Waals surface area contributed by atoms with Gasteiger partial charge in [-0.15, -0.1) is 0 Å². The molecule has 1 heterocycles. The lowest BCUT2D eigenvalue weighted by Gasteiger charge is -2.38. The average Bonchev–Trinajstić information content (AvgIpc) is 2.27. The molecule has 0 radical (unpaired) electrons. The van der Waals surface area contributed by atoms with Crippen LogP contribution >= 0.6 is 0 Å². The number of nitrogens with two attached hydrogens (primary N) is 1. The zero-order valence-electron chi connectivity index (χ0n) is 10.00. The summed E-state index contributed by atoms with van der Waals surface area (Å²) in [4.78, 5) is 1.35. The van der Waals surface area contributed by atoms with Gasteiger partial charge in [0.25, 0.3) is 0 Å². The first kappa shape index (κ1) is 12.9. The van der Waals surface area contributed by atoms with Crippen LogP contribution < -0.4 is 15.4 Å². The van der Waals surface area contributed by atoms with Crippen molar-refractivity contribution in [2.45, 2.75) is 25.6 Å². The molecule has 0 spiro atoms. The number of nitrogen functional groups attached to an aromatic ring is 1. The van der Waals surface area contributed by atoms with Gasteiger partial charge in [0.15, 0.2) is 0 Å². The highest BCUT2D eigenvalue weighted by atomic mass is 19.4. The molecule has 0 saturated carbocycles. The minimum atomic E-state index is -4.23. The second kappa shape index (κ2) is 4.59. The molecule has 18 heavy (non-hydrogen) atoms. The first-order chi connectivity index (χ1) is 8.40. The van der Waals surface area contributed by atoms with Crippen molar-refractivity contribution in [3.8, 4) is 5.75 Å². The smallest absolute Gasteiger partial charge is 0.405 e. The van der Waals surface area contributed by atoms with E-state index in [2.05, 4.69) is 0 Å². The van der Waals surface area contributed by atoms with Crippen molar-refractivity contribution in [3.05, 3.63) is 18.2 Å². The van der Waals surface area contributed by atoms with Crippen LogP contribution in [0.25, 0.3) is 0 Å². The Hall–Kier alpha value is -1.59. The number of halogens is 3. The minimum absolute atomic E-state index is 0.253. The first-order valence-electron chi connectivity index (χ1n) is 5.76. The quantitative estimate of drug-likeness (QED) is 0.831. The van der Waals surface area contributed by atoms with E-state index >= 15 is 0 Å². The molecule has 0 amide bonds. The Labute approximate surface area is 103 Å². The SMILES string of the molecule is CC[C@@H]1COc2cc(N)ccc2N1CC(F)(F)F. The summed E-state index contributed by atoms with van der Waals surface area (Å²) < 4.78 is 43.3. The molecule has 1 aliphatic heterocycles. The number of anilines is 2. The molecule has 1 aliphatic rings. The number of hydrogen-bond acceptors (Lipinski definition) is 3.